The molecule has 2 aromatic rings. The molecule has 9 heteroatoms. The largest absolute Gasteiger partial charge is 0.355 e. The molecule has 1 saturated heterocycles. The summed E-state index contributed by atoms with van der Waals surface area (Å²) in [5.41, 5.74) is 2.31. The van der Waals surface area contributed by atoms with E-state index in [1.54, 1.807) is 13.8 Å². The molecule has 2 aliphatic rings. The van der Waals surface area contributed by atoms with Gasteiger partial charge in [0.05, 0.1) is 11.4 Å². The molecule has 4 rings (SSSR count). The van der Waals surface area contributed by atoms with Gasteiger partial charge in [-0.1, -0.05) is 0 Å². The minimum Gasteiger partial charge on any atom is -0.355 e. The molecule has 0 unspecified atom stereocenters. The number of H-pyrrole nitrogens is 2. The molecule has 3 heterocycles. The summed E-state index contributed by atoms with van der Waals surface area (Å²) in [5, 5.41) is 14.3. The zero-order chi connectivity index (χ0) is 17.6. The number of sulfonamides is 1. The Labute approximate surface area is 147 Å². The second kappa shape index (κ2) is 6.14. The molecule has 0 aromatic carbocycles. The highest BCUT2D eigenvalue weighted by molar-refractivity contribution is 7.89. The Hall–Kier alpha value is -1.87. The number of nitrogens with one attached hydrogen (secondary N) is 3. The number of hydrogen-bond acceptors (Lipinski definition) is 5. The van der Waals surface area contributed by atoms with Crippen molar-refractivity contribution in [2.45, 2.75) is 56.4 Å². The molecule has 25 heavy (non-hydrogen) atoms. The topological polar surface area (TPSA) is 107 Å². The molecule has 136 valence electrons. The van der Waals surface area contributed by atoms with Crippen LogP contribution in [0, 0.1) is 13.8 Å². The van der Waals surface area contributed by atoms with Gasteiger partial charge in [-0.3, -0.25) is 10.2 Å². The van der Waals surface area contributed by atoms with Gasteiger partial charge in [-0.25, -0.2) is 13.1 Å². The van der Waals surface area contributed by atoms with E-state index in [1.807, 2.05) is 0 Å². The third-order valence-corrected chi connectivity index (χ3v) is 6.85. The molecule has 0 amide bonds. The second-order valence-electron chi connectivity index (χ2n) is 7.10. The SMILES string of the molecule is Cc1n[nH]c(C)c1S(=O)(=O)NC1CCN(c2cc(C3CC3)[nH]n2)CC1. The van der Waals surface area contributed by atoms with Crippen molar-refractivity contribution in [2.24, 2.45) is 0 Å². The maximum atomic E-state index is 12.6. The fourth-order valence-corrected chi connectivity index (χ4v) is 5.21. The van der Waals surface area contributed by atoms with E-state index in [9.17, 15) is 8.42 Å². The molecule has 8 nitrogen and oxygen atoms in total. The highest BCUT2D eigenvalue weighted by Gasteiger charge is 2.30. The van der Waals surface area contributed by atoms with Crippen LogP contribution < -0.4 is 9.62 Å². The average Bonchev–Trinajstić information content (AvgIpc) is 3.19. The lowest BCUT2D eigenvalue weighted by atomic mass is 10.1. The minimum absolute atomic E-state index is 0.0585. The first-order chi connectivity index (χ1) is 11.9. The number of piperidine rings is 1. The van der Waals surface area contributed by atoms with Crippen LogP contribution in [0.1, 0.15) is 48.7 Å². The van der Waals surface area contributed by atoms with Crippen LogP contribution in [-0.4, -0.2) is 47.9 Å². The molecule has 0 atom stereocenters. The minimum atomic E-state index is -3.54. The molecule has 2 fully saturated rings. The number of anilines is 1. The number of hydrogen-bond donors (Lipinski definition) is 3. The van der Waals surface area contributed by atoms with E-state index in [2.05, 4.69) is 36.1 Å². The van der Waals surface area contributed by atoms with Crippen LogP contribution in [0.2, 0.25) is 0 Å². The fourth-order valence-electron chi connectivity index (χ4n) is 3.53. The van der Waals surface area contributed by atoms with Gasteiger partial charge >= 0.3 is 0 Å². The van der Waals surface area contributed by atoms with Crippen molar-refractivity contribution in [1.29, 1.82) is 0 Å². The Bertz CT molecular complexity index is 840. The van der Waals surface area contributed by atoms with Gasteiger partial charge in [0, 0.05) is 36.8 Å². The lowest BCUT2D eigenvalue weighted by Crippen LogP contribution is -2.44. The Balaban J connectivity index is 1.38. The Morgan fingerprint density at radius 1 is 1.12 bits per heavy atom. The Morgan fingerprint density at radius 2 is 1.84 bits per heavy atom. The van der Waals surface area contributed by atoms with Gasteiger partial charge in [-0.2, -0.15) is 10.2 Å². The molecule has 1 aliphatic carbocycles. The maximum absolute atomic E-state index is 12.6. The predicted octanol–water partition coefficient (Wildman–Crippen LogP) is 1.57. The predicted molar refractivity (Wildman–Crippen MR) is 94.2 cm³/mol. The van der Waals surface area contributed by atoms with E-state index in [-0.39, 0.29) is 10.9 Å². The van der Waals surface area contributed by atoms with E-state index in [4.69, 9.17) is 0 Å². The smallest absolute Gasteiger partial charge is 0.244 e. The van der Waals surface area contributed by atoms with Crippen LogP contribution in [0.25, 0.3) is 0 Å². The van der Waals surface area contributed by atoms with Gasteiger partial charge in [0.15, 0.2) is 5.82 Å². The van der Waals surface area contributed by atoms with Crippen molar-refractivity contribution in [3.63, 3.8) is 0 Å². The second-order valence-corrected chi connectivity index (χ2v) is 8.75. The fraction of sp³-hybridized carbons (Fsp3) is 0.625. The van der Waals surface area contributed by atoms with Crippen LogP contribution in [-0.2, 0) is 10.0 Å². The van der Waals surface area contributed by atoms with Crippen LogP contribution >= 0.6 is 0 Å². The van der Waals surface area contributed by atoms with Gasteiger partial charge < -0.3 is 4.90 Å². The normalized spacial score (nSPS) is 19.5. The van der Waals surface area contributed by atoms with E-state index < -0.39 is 10.0 Å². The van der Waals surface area contributed by atoms with Gasteiger partial charge in [-0.15, -0.1) is 0 Å². The zero-order valence-corrected chi connectivity index (χ0v) is 15.4. The van der Waals surface area contributed by atoms with Crippen molar-refractivity contribution in [2.75, 3.05) is 18.0 Å². The third-order valence-electron chi connectivity index (χ3n) is 5.07. The number of aromatic amines is 2. The number of nitrogens with zero attached hydrogens (tertiary/aromatic N) is 3. The molecule has 2 aromatic heterocycles. The van der Waals surface area contributed by atoms with Gasteiger partial charge in [0.25, 0.3) is 0 Å². The Morgan fingerprint density at radius 3 is 2.44 bits per heavy atom. The van der Waals surface area contributed by atoms with Crippen LogP contribution in [0.15, 0.2) is 11.0 Å². The first kappa shape index (κ1) is 16.6. The van der Waals surface area contributed by atoms with Crippen LogP contribution in [0.5, 0.6) is 0 Å². The molecule has 3 N–H and O–H groups in total. The maximum Gasteiger partial charge on any atom is 0.244 e. The summed E-state index contributed by atoms with van der Waals surface area (Å²) in [5.74, 6) is 1.64. The van der Waals surface area contributed by atoms with E-state index >= 15 is 0 Å². The van der Waals surface area contributed by atoms with Gasteiger partial charge in [0.1, 0.15) is 4.90 Å². The summed E-state index contributed by atoms with van der Waals surface area (Å²) in [6.07, 6.45) is 4.03. The van der Waals surface area contributed by atoms with Crippen LogP contribution in [0.3, 0.4) is 0 Å². The quantitative estimate of drug-likeness (QED) is 0.747. The van der Waals surface area contributed by atoms with E-state index in [0.717, 1.165) is 31.7 Å². The van der Waals surface area contributed by atoms with Gasteiger partial charge in [0.2, 0.25) is 10.0 Å². The van der Waals surface area contributed by atoms with Crippen molar-refractivity contribution in [1.82, 2.24) is 25.1 Å². The van der Waals surface area contributed by atoms with Gasteiger partial charge in [-0.05, 0) is 39.5 Å². The molecule has 1 aliphatic heterocycles. The van der Waals surface area contributed by atoms with Crippen molar-refractivity contribution >= 4 is 15.8 Å². The monoisotopic (exact) mass is 364 g/mol. The zero-order valence-electron chi connectivity index (χ0n) is 14.5. The molecule has 1 saturated carbocycles. The van der Waals surface area contributed by atoms with Crippen molar-refractivity contribution < 1.29 is 8.42 Å². The molecular weight excluding hydrogens is 340 g/mol. The molecule has 0 bridgehead atoms. The first-order valence-electron chi connectivity index (χ1n) is 8.78. The highest BCUT2D eigenvalue weighted by Crippen LogP contribution is 2.40. The number of rotatable bonds is 5. The van der Waals surface area contributed by atoms with Crippen molar-refractivity contribution in [3.8, 4) is 0 Å². The molecular formula is C16H24N6O2S. The lowest BCUT2D eigenvalue weighted by Gasteiger charge is -2.32. The number of aromatic nitrogens is 4. The van der Waals surface area contributed by atoms with E-state index in [1.165, 1.54) is 18.5 Å². The summed E-state index contributed by atoms with van der Waals surface area (Å²) >= 11 is 0. The highest BCUT2D eigenvalue weighted by atomic mass is 32.2. The van der Waals surface area contributed by atoms with E-state index in [0.29, 0.717) is 17.3 Å². The molecule has 0 radical (unpaired) electrons. The summed E-state index contributed by atoms with van der Waals surface area (Å²) in [7, 11) is -3.54. The Kier molecular flexibility index (Phi) is 4.07. The lowest BCUT2D eigenvalue weighted by molar-refractivity contribution is 0.458. The van der Waals surface area contributed by atoms with Crippen LogP contribution in [0.4, 0.5) is 5.82 Å². The summed E-state index contributed by atoms with van der Waals surface area (Å²) in [6, 6.07) is 2.08. The van der Waals surface area contributed by atoms with Crippen molar-refractivity contribution in [3.05, 3.63) is 23.1 Å². The number of aryl methyl sites for hydroxylation is 2. The average molecular weight is 364 g/mol. The third kappa shape index (κ3) is 3.30. The summed E-state index contributed by atoms with van der Waals surface area (Å²) in [4.78, 5) is 2.50. The summed E-state index contributed by atoms with van der Waals surface area (Å²) in [6.45, 7) is 5.03. The first-order valence-corrected chi connectivity index (χ1v) is 10.3. The summed E-state index contributed by atoms with van der Waals surface area (Å²) < 4.78 is 28.1. The molecule has 0 spiro atoms. The standard InChI is InChI=1S/C16H24N6O2S/c1-10-16(11(2)18-17-10)25(23,24)21-13-5-7-22(8-6-13)15-9-14(19-20-15)12-3-4-12/h9,12-13,21H,3-8H2,1-2H3,(H,17,18)(H,19,20).